The fraction of sp³-hybridized carbons (Fsp3) is 0.300. The van der Waals surface area contributed by atoms with Crippen molar-refractivity contribution in [2.24, 2.45) is 5.92 Å². The van der Waals surface area contributed by atoms with Crippen LogP contribution in [0.3, 0.4) is 0 Å². The van der Waals surface area contributed by atoms with E-state index < -0.39 is 0 Å². The van der Waals surface area contributed by atoms with Crippen LogP contribution in [0.2, 0.25) is 5.02 Å². The SMILES string of the molecule is C=C(/C=C\C=C/C(C)CC)COc1cccc(Cl)c1C(=C)C. The van der Waals surface area contributed by atoms with Gasteiger partial charge in [-0.1, -0.05) is 75.4 Å². The van der Waals surface area contributed by atoms with E-state index in [9.17, 15) is 0 Å². The van der Waals surface area contributed by atoms with E-state index in [0.717, 1.165) is 28.9 Å². The summed E-state index contributed by atoms with van der Waals surface area (Å²) in [5.41, 5.74) is 2.65. The quantitative estimate of drug-likeness (QED) is 0.499. The highest BCUT2D eigenvalue weighted by Gasteiger charge is 2.08. The number of hydrogen-bond acceptors (Lipinski definition) is 1. The molecule has 0 fully saturated rings. The molecule has 1 atom stereocenters. The predicted octanol–water partition coefficient (Wildman–Crippen LogP) is 6.47. The molecule has 1 rings (SSSR count). The van der Waals surface area contributed by atoms with E-state index in [1.165, 1.54) is 0 Å². The molecule has 0 aliphatic carbocycles. The highest BCUT2D eigenvalue weighted by molar-refractivity contribution is 6.32. The van der Waals surface area contributed by atoms with Crippen LogP contribution in [0.4, 0.5) is 0 Å². The van der Waals surface area contributed by atoms with Crippen molar-refractivity contribution in [1.82, 2.24) is 0 Å². The molecule has 1 nitrogen and oxygen atoms in total. The molecule has 0 saturated heterocycles. The number of benzene rings is 1. The molecule has 1 aromatic carbocycles. The summed E-state index contributed by atoms with van der Waals surface area (Å²) in [7, 11) is 0. The smallest absolute Gasteiger partial charge is 0.128 e. The molecule has 0 aliphatic heterocycles. The van der Waals surface area contributed by atoms with Crippen molar-refractivity contribution in [1.29, 1.82) is 0 Å². The van der Waals surface area contributed by atoms with Crippen LogP contribution in [0.1, 0.15) is 32.8 Å². The maximum Gasteiger partial charge on any atom is 0.128 e. The van der Waals surface area contributed by atoms with Crippen LogP contribution in [-0.2, 0) is 0 Å². The second-order valence-electron chi connectivity index (χ2n) is 5.47. The third-order valence-corrected chi connectivity index (χ3v) is 3.66. The fourth-order valence-corrected chi connectivity index (χ4v) is 2.17. The Kier molecular flexibility index (Phi) is 7.76. The molecule has 0 heterocycles. The van der Waals surface area contributed by atoms with Gasteiger partial charge < -0.3 is 4.74 Å². The normalized spacial score (nSPS) is 12.7. The Hall–Kier alpha value is -1.73. The summed E-state index contributed by atoms with van der Waals surface area (Å²) in [6, 6.07) is 5.61. The fourth-order valence-electron chi connectivity index (χ4n) is 1.84. The van der Waals surface area contributed by atoms with Gasteiger partial charge in [-0.05, 0) is 36.1 Å². The van der Waals surface area contributed by atoms with Crippen molar-refractivity contribution < 1.29 is 4.74 Å². The first-order valence-corrected chi connectivity index (χ1v) is 7.93. The van der Waals surface area contributed by atoms with Crippen LogP contribution < -0.4 is 4.74 Å². The molecule has 0 saturated carbocycles. The Bertz CT molecular complexity index is 581. The molecular weight excluding hydrogens is 292 g/mol. The van der Waals surface area contributed by atoms with Gasteiger partial charge >= 0.3 is 0 Å². The van der Waals surface area contributed by atoms with Gasteiger partial charge in [-0.25, -0.2) is 0 Å². The van der Waals surface area contributed by atoms with Gasteiger partial charge in [-0.3, -0.25) is 0 Å². The van der Waals surface area contributed by atoms with Gasteiger partial charge in [-0.2, -0.15) is 0 Å². The van der Waals surface area contributed by atoms with Gasteiger partial charge in [0.05, 0.1) is 5.02 Å². The summed E-state index contributed by atoms with van der Waals surface area (Å²) in [5.74, 6) is 1.34. The lowest BCUT2D eigenvalue weighted by atomic mass is 10.1. The molecule has 22 heavy (non-hydrogen) atoms. The van der Waals surface area contributed by atoms with E-state index in [0.29, 0.717) is 17.5 Å². The van der Waals surface area contributed by atoms with E-state index in [1.807, 2.05) is 37.3 Å². The zero-order valence-corrected chi connectivity index (χ0v) is 14.5. The van der Waals surface area contributed by atoms with Gasteiger partial charge in [0.2, 0.25) is 0 Å². The van der Waals surface area contributed by atoms with Crippen molar-refractivity contribution in [3.05, 3.63) is 71.8 Å². The van der Waals surface area contributed by atoms with E-state index >= 15 is 0 Å². The Morgan fingerprint density at radius 3 is 2.68 bits per heavy atom. The molecule has 0 aliphatic rings. The Morgan fingerprint density at radius 2 is 2.05 bits per heavy atom. The summed E-state index contributed by atoms with van der Waals surface area (Å²) in [6.07, 6.45) is 9.34. The van der Waals surface area contributed by atoms with Crippen molar-refractivity contribution in [2.75, 3.05) is 6.61 Å². The molecule has 118 valence electrons. The van der Waals surface area contributed by atoms with Crippen molar-refractivity contribution in [3.8, 4) is 5.75 Å². The Labute approximate surface area is 139 Å². The minimum atomic E-state index is 0.425. The molecular formula is C20H25ClO. The highest BCUT2D eigenvalue weighted by atomic mass is 35.5. The maximum absolute atomic E-state index is 6.20. The first-order valence-electron chi connectivity index (χ1n) is 7.55. The summed E-state index contributed by atoms with van der Waals surface area (Å²) in [6.45, 7) is 14.7. The van der Waals surface area contributed by atoms with Gasteiger partial charge in [0, 0.05) is 5.56 Å². The third kappa shape index (κ3) is 5.95. The molecule has 1 unspecified atom stereocenters. The second kappa shape index (κ2) is 9.32. The number of ether oxygens (including phenoxy) is 1. The molecule has 2 heteroatoms. The summed E-state index contributed by atoms with van der Waals surface area (Å²) in [4.78, 5) is 0. The van der Waals surface area contributed by atoms with Crippen molar-refractivity contribution in [2.45, 2.75) is 27.2 Å². The third-order valence-electron chi connectivity index (χ3n) is 3.34. The first-order chi connectivity index (χ1) is 10.5. The lowest BCUT2D eigenvalue weighted by Gasteiger charge is -2.12. The zero-order chi connectivity index (χ0) is 16.5. The molecule has 0 amide bonds. The minimum absolute atomic E-state index is 0.425. The van der Waals surface area contributed by atoms with Crippen LogP contribution in [0.5, 0.6) is 5.75 Å². The summed E-state index contributed by atoms with van der Waals surface area (Å²) in [5, 5.41) is 0.655. The number of halogens is 1. The highest BCUT2D eigenvalue weighted by Crippen LogP contribution is 2.32. The van der Waals surface area contributed by atoms with Gasteiger partial charge in [0.1, 0.15) is 12.4 Å². The topological polar surface area (TPSA) is 9.23 Å². The predicted molar refractivity (Wildman–Crippen MR) is 98.5 cm³/mol. The largest absolute Gasteiger partial charge is 0.488 e. The minimum Gasteiger partial charge on any atom is -0.488 e. The van der Waals surface area contributed by atoms with Gasteiger partial charge in [-0.15, -0.1) is 0 Å². The molecule has 1 aromatic rings. The van der Waals surface area contributed by atoms with E-state index in [-0.39, 0.29) is 0 Å². The average Bonchev–Trinajstić information content (AvgIpc) is 2.48. The molecule has 0 spiro atoms. The van der Waals surface area contributed by atoms with Crippen LogP contribution in [-0.4, -0.2) is 6.61 Å². The van der Waals surface area contributed by atoms with Crippen LogP contribution in [0.15, 0.2) is 61.2 Å². The second-order valence-corrected chi connectivity index (χ2v) is 5.88. The van der Waals surface area contributed by atoms with Crippen molar-refractivity contribution in [3.63, 3.8) is 0 Å². The van der Waals surface area contributed by atoms with Crippen LogP contribution in [0.25, 0.3) is 5.57 Å². The Morgan fingerprint density at radius 1 is 1.32 bits per heavy atom. The molecule has 0 aromatic heterocycles. The lowest BCUT2D eigenvalue weighted by Crippen LogP contribution is -2.01. The van der Waals surface area contributed by atoms with Crippen molar-refractivity contribution >= 4 is 17.2 Å². The van der Waals surface area contributed by atoms with Gasteiger partial charge in [0.25, 0.3) is 0 Å². The molecule has 0 radical (unpaired) electrons. The van der Waals surface area contributed by atoms with Gasteiger partial charge in [0.15, 0.2) is 0 Å². The summed E-state index contributed by atoms with van der Waals surface area (Å²) < 4.78 is 5.82. The lowest BCUT2D eigenvalue weighted by molar-refractivity contribution is 0.355. The van der Waals surface area contributed by atoms with Crippen LogP contribution >= 0.6 is 11.6 Å². The maximum atomic E-state index is 6.20. The number of allylic oxidation sites excluding steroid dienone is 4. The number of rotatable bonds is 8. The molecule has 0 N–H and O–H groups in total. The standard InChI is InChI=1S/C20H25ClO/c1-6-16(4)10-7-8-11-17(5)14-22-19-13-9-12-18(21)20(19)15(2)3/h7-13,16H,2,5-6,14H2,1,3-4H3/b10-7-,11-8-. The van der Waals surface area contributed by atoms with E-state index in [4.69, 9.17) is 16.3 Å². The number of hydrogen-bond donors (Lipinski definition) is 0. The van der Waals surface area contributed by atoms with E-state index in [2.05, 4.69) is 39.2 Å². The van der Waals surface area contributed by atoms with Crippen LogP contribution in [0, 0.1) is 5.92 Å². The van der Waals surface area contributed by atoms with E-state index in [1.54, 1.807) is 0 Å². The average molecular weight is 317 g/mol. The monoisotopic (exact) mass is 316 g/mol. The Balaban J connectivity index is 2.62. The summed E-state index contributed by atoms with van der Waals surface area (Å²) >= 11 is 6.20. The zero-order valence-electron chi connectivity index (χ0n) is 13.7. The molecule has 0 bridgehead atoms. The first kappa shape index (κ1) is 18.3.